The van der Waals surface area contributed by atoms with Crippen LogP contribution >= 0.6 is 0 Å². The SMILES string of the molecule is Nc1nccc(C(=O)Nc2cn3cc(C4CCN(CC5CCN(c6ccc(C(=O)N[C@H]7CCC(=O)NC7=O)c(F)c6)CC5)CC4)nc3cc2N2CCC(F)(F)CC2)n1. The van der Waals surface area contributed by atoms with Crippen LogP contribution < -0.4 is 31.5 Å². The number of hydrogen-bond acceptors (Lipinski definition) is 11. The van der Waals surface area contributed by atoms with Gasteiger partial charge in [-0.05, 0) is 75.4 Å². The summed E-state index contributed by atoms with van der Waals surface area (Å²) in [5.74, 6) is -4.85. The van der Waals surface area contributed by atoms with Crippen molar-refractivity contribution in [2.75, 3.05) is 66.7 Å². The summed E-state index contributed by atoms with van der Waals surface area (Å²) in [7, 11) is 0. The van der Waals surface area contributed by atoms with Gasteiger partial charge in [0.1, 0.15) is 23.2 Å². The summed E-state index contributed by atoms with van der Waals surface area (Å²) in [4.78, 5) is 68.7. The number of halogens is 3. The lowest BCUT2D eigenvalue weighted by molar-refractivity contribution is -0.134. The van der Waals surface area contributed by atoms with E-state index in [1.807, 2.05) is 21.6 Å². The minimum atomic E-state index is -2.73. The maximum atomic E-state index is 15.1. The molecule has 1 aromatic carbocycles. The van der Waals surface area contributed by atoms with Crippen LogP contribution in [-0.4, -0.2) is 106 Å². The molecule has 0 aliphatic carbocycles. The lowest BCUT2D eigenvalue weighted by Gasteiger charge is -2.38. The molecule has 5 N–H and O–H groups in total. The van der Waals surface area contributed by atoms with Gasteiger partial charge in [-0.1, -0.05) is 0 Å². The molecule has 15 nitrogen and oxygen atoms in total. The largest absolute Gasteiger partial charge is 0.371 e. The summed E-state index contributed by atoms with van der Waals surface area (Å²) in [6, 6.07) is 6.97. The highest BCUT2D eigenvalue weighted by molar-refractivity contribution is 6.05. The van der Waals surface area contributed by atoms with Gasteiger partial charge in [0.25, 0.3) is 17.7 Å². The molecule has 0 radical (unpaired) electrons. The lowest BCUT2D eigenvalue weighted by Crippen LogP contribution is -2.52. The van der Waals surface area contributed by atoms with Crippen LogP contribution in [0.4, 0.5) is 36.2 Å². The Morgan fingerprint density at radius 2 is 1.66 bits per heavy atom. The number of anilines is 4. The summed E-state index contributed by atoms with van der Waals surface area (Å²) >= 11 is 0. The third-order valence-corrected chi connectivity index (χ3v) is 11.8. The predicted molar refractivity (Wildman–Crippen MR) is 209 cm³/mol. The molecule has 0 unspecified atom stereocenters. The number of rotatable bonds is 9. The molecule has 4 aromatic rings. The zero-order valence-corrected chi connectivity index (χ0v) is 31.9. The average Bonchev–Trinajstić information content (AvgIpc) is 3.62. The fourth-order valence-electron chi connectivity index (χ4n) is 8.46. The van der Waals surface area contributed by atoms with Crippen molar-refractivity contribution in [2.24, 2.45) is 5.92 Å². The van der Waals surface area contributed by atoms with Gasteiger partial charge in [0.05, 0.1) is 22.6 Å². The molecule has 0 saturated carbocycles. The van der Waals surface area contributed by atoms with E-state index in [4.69, 9.17) is 10.7 Å². The molecule has 1 atom stereocenters. The van der Waals surface area contributed by atoms with E-state index in [0.29, 0.717) is 28.6 Å². The Morgan fingerprint density at radius 3 is 2.36 bits per heavy atom. The topological polar surface area (TPSA) is 183 Å². The maximum absolute atomic E-state index is 15.1. The van der Waals surface area contributed by atoms with Crippen molar-refractivity contribution >= 4 is 52.3 Å². The van der Waals surface area contributed by atoms with Crippen LogP contribution in [0.1, 0.15) is 83.8 Å². The summed E-state index contributed by atoms with van der Waals surface area (Å²) in [6.45, 7) is 4.62. The van der Waals surface area contributed by atoms with Gasteiger partial charge in [-0.2, -0.15) is 0 Å². The smallest absolute Gasteiger partial charge is 0.274 e. The predicted octanol–water partition coefficient (Wildman–Crippen LogP) is 3.96. The van der Waals surface area contributed by atoms with Gasteiger partial charge in [0, 0.05) is 88.2 Å². The number of carbonyl (C=O) groups is 4. The van der Waals surface area contributed by atoms with E-state index in [0.717, 1.165) is 64.1 Å². The second-order valence-corrected chi connectivity index (χ2v) is 15.7. The van der Waals surface area contributed by atoms with Gasteiger partial charge in [0.2, 0.25) is 17.8 Å². The molecule has 3 aromatic heterocycles. The fraction of sp³-hybridized carbons (Fsp3) is 0.475. The molecule has 7 heterocycles. The van der Waals surface area contributed by atoms with Gasteiger partial charge < -0.3 is 35.5 Å². The number of nitrogens with zero attached hydrogens (tertiary/aromatic N) is 7. The standard InChI is InChI=1S/C40H46F3N11O4/c41-28-19-26(1-2-27(28)36(56)47-29-3-4-35(55)50-38(29)58)52-15-6-24(7-16-52)21-51-13-8-25(9-14-51)31-22-54-23-32(48-37(57)30-5-12-45-39(44)49-30)33(20-34(54)46-31)53-17-10-40(42,43)11-18-53/h1-2,5,12,19-20,22-25,29H,3-4,6-11,13-18,21H2,(H,47,56)(H,48,57)(H2,44,45,49)(H,50,55,58)/t29-/m0/s1. The fourth-order valence-corrected chi connectivity index (χ4v) is 8.46. The number of fused-ring (bicyclic) bond motifs is 1. The van der Waals surface area contributed by atoms with Crippen LogP contribution in [0.25, 0.3) is 5.65 Å². The number of amides is 4. The van der Waals surface area contributed by atoms with Gasteiger partial charge in [-0.25, -0.2) is 28.1 Å². The molecule has 8 rings (SSSR count). The summed E-state index contributed by atoms with van der Waals surface area (Å²) in [5, 5.41) is 7.63. The van der Waals surface area contributed by atoms with Gasteiger partial charge in [-0.15, -0.1) is 0 Å². The first-order valence-electron chi connectivity index (χ1n) is 19.8. The van der Waals surface area contributed by atoms with E-state index in [-0.39, 0.29) is 61.9 Å². The number of nitrogens with two attached hydrogens (primary N) is 1. The molecule has 4 saturated heterocycles. The molecule has 0 spiro atoms. The van der Waals surface area contributed by atoms with Crippen molar-refractivity contribution in [3.8, 4) is 0 Å². The molecule has 18 heteroatoms. The second kappa shape index (κ2) is 16.2. The number of carbonyl (C=O) groups excluding carboxylic acids is 4. The first-order chi connectivity index (χ1) is 27.9. The average molecular weight is 802 g/mol. The van der Waals surface area contributed by atoms with Crippen molar-refractivity contribution in [1.82, 2.24) is 34.9 Å². The lowest BCUT2D eigenvalue weighted by atomic mass is 9.91. The number of benzene rings is 1. The highest BCUT2D eigenvalue weighted by Gasteiger charge is 2.35. The molecular weight excluding hydrogens is 756 g/mol. The van der Waals surface area contributed by atoms with E-state index < -0.39 is 41.4 Å². The first-order valence-corrected chi connectivity index (χ1v) is 19.8. The number of imide groups is 1. The molecular formula is C40H46F3N11O4. The van der Waals surface area contributed by atoms with Gasteiger partial charge in [0.15, 0.2) is 0 Å². The van der Waals surface area contributed by atoms with Crippen molar-refractivity contribution in [3.63, 3.8) is 0 Å². The van der Waals surface area contributed by atoms with Crippen LogP contribution in [-0.2, 0) is 9.59 Å². The highest BCUT2D eigenvalue weighted by atomic mass is 19.3. The normalized spacial score (nSPS) is 20.9. The second-order valence-electron chi connectivity index (χ2n) is 15.7. The van der Waals surface area contributed by atoms with E-state index >= 15 is 4.39 Å². The third kappa shape index (κ3) is 8.71. The van der Waals surface area contributed by atoms with Crippen molar-refractivity contribution in [2.45, 2.75) is 69.2 Å². The number of hydrogen-bond donors (Lipinski definition) is 4. The molecule has 4 aliphatic rings. The molecule has 306 valence electrons. The molecule has 0 bridgehead atoms. The molecule has 4 aliphatic heterocycles. The number of imidazole rings is 1. The number of nitrogens with one attached hydrogen (secondary N) is 3. The Morgan fingerprint density at radius 1 is 0.897 bits per heavy atom. The number of alkyl halides is 2. The van der Waals surface area contributed by atoms with E-state index in [2.05, 4.69) is 35.7 Å². The van der Waals surface area contributed by atoms with E-state index in [1.54, 1.807) is 12.3 Å². The number of aromatic nitrogens is 4. The summed E-state index contributed by atoms with van der Waals surface area (Å²) in [6.07, 6.45) is 8.65. The third-order valence-electron chi connectivity index (χ3n) is 11.8. The molecule has 4 amide bonds. The zero-order valence-electron chi connectivity index (χ0n) is 31.9. The van der Waals surface area contributed by atoms with Gasteiger partial charge >= 0.3 is 0 Å². The van der Waals surface area contributed by atoms with Crippen LogP contribution in [0.5, 0.6) is 0 Å². The van der Waals surface area contributed by atoms with Crippen molar-refractivity contribution in [1.29, 1.82) is 0 Å². The molecule has 4 fully saturated rings. The Labute approximate surface area is 332 Å². The van der Waals surface area contributed by atoms with E-state index in [9.17, 15) is 28.0 Å². The number of piperidine rings is 4. The Bertz CT molecular complexity index is 2210. The van der Waals surface area contributed by atoms with Crippen LogP contribution in [0.2, 0.25) is 0 Å². The monoisotopic (exact) mass is 801 g/mol. The maximum Gasteiger partial charge on any atom is 0.274 e. The van der Waals surface area contributed by atoms with Crippen molar-refractivity contribution in [3.05, 3.63) is 71.7 Å². The number of pyridine rings is 1. The van der Waals surface area contributed by atoms with Crippen molar-refractivity contribution < 1.29 is 32.3 Å². The van der Waals surface area contributed by atoms with Crippen LogP contribution in [0.15, 0.2) is 48.9 Å². The van der Waals surface area contributed by atoms with E-state index in [1.165, 1.54) is 24.4 Å². The summed E-state index contributed by atoms with van der Waals surface area (Å²) in [5.41, 5.74) is 9.04. The van der Waals surface area contributed by atoms with Crippen LogP contribution in [0, 0.1) is 11.7 Å². The molecule has 58 heavy (non-hydrogen) atoms. The van der Waals surface area contributed by atoms with Crippen LogP contribution in [0.3, 0.4) is 0 Å². The highest BCUT2D eigenvalue weighted by Crippen LogP contribution is 2.36. The Kier molecular flexibility index (Phi) is 10.9. The summed E-state index contributed by atoms with van der Waals surface area (Å²) < 4.78 is 45.2. The quantitative estimate of drug-likeness (QED) is 0.180. The Balaban J connectivity index is 0.855. The first kappa shape index (κ1) is 39.1. The number of nitrogen functional groups attached to an aromatic ring is 1. The number of likely N-dealkylation sites (tertiary alicyclic amines) is 1. The zero-order chi connectivity index (χ0) is 40.6. The Hall–Kier alpha value is -5.78. The minimum Gasteiger partial charge on any atom is -0.371 e. The minimum absolute atomic E-state index is 0.0331. The van der Waals surface area contributed by atoms with Gasteiger partial charge in [-0.3, -0.25) is 24.5 Å².